The molecule has 0 saturated carbocycles. The van der Waals surface area contributed by atoms with E-state index in [0.717, 1.165) is 34.1 Å². The average molecular weight is 323 g/mol. The summed E-state index contributed by atoms with van der Waals surface area (Å²) in [7, 11) is 1.67. The van der Waals surface area contributed by atoms with E-state index in [2.05, 4.69) is 5.10 Å². The number of hydrogen-bond donors (Lipinski definition) is 1. The monoisotopic (exact) mass is 323 g/mol. The molecule has 3 aromatic rings. The SMILES string of the molecule is CCOc1ccc(-n2nc(CN)cc2-c2ccccc2OC)cc1. The molecular weight excluding hydrogens is 302 g/mol. The molecule has 0 aliphatic carbocycles. The van der Waals surface area contributed by atoms with Gasteiger partial charge in [-0.25, -0.2) is 4.68 Å². The standard InChI is InChI=1S/C19H21N3O2/c1-3-24-16-10-8-15(9-11-16)22-18(12-14(13-20)21-22)17-6-4-5-7-19(17)23-2/h4-12H,3,13,20H2,1-2H3. The van der Waals surface area contributed by atoms with E-state index in [0.29, 0.717) is 13.2 Å². The topological polar surface area (TPSA) is 62.3 Å². The van der Waals surface area contributed by atoms with E-state index in [1.807, 2.05) is 66.2 Å². The zero-order valence-corrected chi connectivity index (χ0v) is 13.9. The van der Waals surface area contributed by atoms with Crippen molar-refractivity contribution < 1.29 is 9.47 Å². The van der Waals surface area contributed by atoms with Gasteiger partial charge in [0.05, 0.1) is 30.8 Å². The lowest BCUT2D eigenvalue weighted by Crippen LogP contribution is -2.02. The van der Waals surface area contributed by atoms with Gasteiger partial charge in [0.1, 0.15) is 11.5 Å². The van der Waals surface area contributed by atoms with Gasteiger partial charge >= 0.3 is 0 Å². The molecular formula is C19H21N3O2. The number of ether oxygens (including phenoxy) is 2. The molecule has 0 radical (unpaired) electrons. The second-order valence-electron chi connectivity index (χ2n) is 5.26. The minimum Gasteiger partial charge on any atom is -0.496 e. The van der Waals surface area contributed by atoms with Gasteiger partial charge in [-0.3, -0.25) is 0 Å². The summed E-state index contributed by atoms with van der Waals surface area (Å²) >= 11 is 0. The van der Waals surface area contributed by atoms with Crippen LogP contribution in [-0.4, -0.2) is 23.5 Å². The van der Waals surface area contributed by atoms with Gasteiger partial charge in [0.15, 0.2) is 0 Å². The van der Waals surface area contributed by atoms with E-state index in [1.165, 1.54) is 0 Å². The summed E-state index contributed by atoms with van der Waals surface area (Å²) in [5.41, 5.74) is 9.48. The van der Waals surface area contributed by atoms with Crippen molar-refractivity contribution >= 4 is 0 Å². The first-order valence-electron chi connectivity index (χ1n) is 7.92. The molecule has 0 saturated heterocycles. The van der Waals surface area contributed by atoms with Crippen molar-refractivity contribution in [1.29, 1.82) is 0 Å². The van der Waals surface area contributed by atoms with E-state index in [9.17, 15) is 0 Å². The van der Waals surface area contributed by atoms with E-state index in [-0.39, 0.29) is 0 Å². The van der Waals surface area contributed by atoms with E-state index in [4.69, 9.17) is 15.2 Å². The van der Waals surface area contributed by atoms with Gasteiger partial charge < -0.3 is 15.2 Å². The van der Waals surface area contributed by atoms with Crippen molar-refractivity contribution in [2.45, 2.75) is 13.5 Å². The summed E-state index contributed by atoms with van der Waals surface area (Å²) in [6.07, 6.45) is 0. The highest BCUT2D eigenvalue weighted by molar-refractivity contribution is 5.69. The highest BCUT2D eigenvalue weighted by atomic mass is 16.5. The number of nitrogens with zero attached hydrogens (tertiary/aromatic N) is 2. The summed E-state index contributed by atoms with van der Waals surface area (Å²) in [5, 5.41) is 4.62. The molecule has 3 rings (SSSR count). The molecule has 0 spiro atoms. The Kier molecular flexibility index (Phi) is 4.82. The number of benzene rings is 2. The van der Waals surface area contributed by atoms with Crippen LogP contribution in [0.25, 0.3) is 16.9 Å². The molecule has 2 N–H and O–H groups in total. The molecule has 0 unspecified atom stereocenters. The molecule has 24 heavy (non-hydrogen) atoms. The average Bonchev–Trinajstić information content (AvgIpc) is 3.07. The van der Waals surface area contributed by atoms with Crippen molar-refractivity contribution in [2.24, 2.45) is 5.73 Å². The Labute approximate surface area is 141 Å². The first kappa shape index (κ1) is 16.1. The predicted molar refractivity (Wildman–Crippen MR) is 94.6 cm³/mol. The first-order valence-corrected chi connectivity index (χ1v) is 7.92. The number of rotatable bonds is 6. The number of nitrogens with two attached hydrogens (primary N) is 1. The summed E-state index contributed by atoms with van der Waals surface area (Å²) in [6.45, 7) is 2.99. The van der Waals surface area contributed by atoms with Crippen molar-refractivity contribution in [1.82, 2.24) is 9.78 Å². The molecule has 5 heteroatoms. The van der Waals surface area contributed by atoms with Crippen molar-refractivity contribution in [3.63, 3.8) is 0 Å². The Hall–Kier alpha value is -2.79. The summed E-state index contributed by atoms with van der Waals surface area (Å²) < 4.78 is 12.9. The Morgan fingerprint density at radius 3 is 2.50 bits per heavy atom. The zero-order valence-electron chi connectivity index (χ0n) is 13.9. The van der Waals surface area contributed by atoms with Gasteiger partial charge in [-0.1, -0.05) is 12.1 Å². The minimum atomic E-state index is 0.381. The van der Waals surface area contributed by atoms with Crippen LogP contribution in [0.1, 0.15) is 12.6 Å². The lowest BCUT2D eigenvalue weighted by atomic mass is 10.1. The van der Waals surface area contributed by atoms with Crippen molar-refractivity contribution in [3.05, 3.63) is 60.3 Å². The van der Waals surface area contributed by atoms with Gasteiger partial charge in [0.25, 0.3) is 0 Å². The molecule has 0 amide bonds. The molecule has 0 atom stereocenters. The smallest absolute Gasteiger partial charge is 0.128 e. The Bertz CT molecular complexity index is 810. The van der Waals surface area contributed by atoms with Crippen LogP contribution in [-0.2, 0) is 6.54 Å². The Morgan fingerprint density at radius 2 is 1.83 bits per heavy atom. The molecule has 0 fully saturated rings. The van der Waals surface area contributed by atoms with E-state index in [1.54, 1.807) is 7.11 Å². The molecule has 1 aromatic heterocycles. The van der Waals surface area contributed by atoms with Crippen LogP contribution in [0.3, 0.4) is 0 Å². The van der Waals surface area contributed by atoms with Gasteiger partial charge in [-0.2, -0.15) is 5.10 Å². The lowest BCUT2D eigenvalue weighted by molar-refractivity contribution is 0.340. The highest BCUT2D eigenvalue weighted by Crippen LogP contribution is 2.32. The number of para-hydroxylation sites is 1. The Morgan fingerprint density at radius 1 is 1.08 bits per heavy atom. The summed E-state index contributed by atoms with van der Waals surface area (Å²) in [5.74, 6) is 1.64. The van der Waals surface area contributed by atoms with Crippen molar-refractivity contribution in [3.8, 4) is 28.4 Å². The maximum Gasteiger partial charge on any atom is 0.128 e. The maximum absolute atomic E-state index is 5.80. The third-order valence-electron chi connectivity index (χ3n) is 3.74. The summed E-state index contributed by atoms with van der Waals surface area (Å²) in [4.78, 5) is 0. The largest absolute Gasteiger partial charge is 0.496 e. The fourth-order valence-corrected chi connectivity index (χ4v) is 2.63. The fraction of sp³-hybridized carbons (Fsp3) is 0.211. The molecule has 5 nitrogen and oxygen atoms in total. The third kappa shape index (κ3) is 3.12. The molecule has 0 aliphatic heterocycles. The molecule has 2 aromatic carbocycles. The number of methoxy groups -OCH3 is 1. The van der Waals surface area contributed by atoms with Gasteiger partial charge in [-0.15, -0.1) is 0 Å². The fourth-order valence-electron chi connectivity index (χ4n) is 2.63. The van der Waals surface area contributed by atoms with Gasteiger partial charge in [0.2, 0.25) is 0 Å². The van der Waals surface area contributed by atoms with Crippen LogP contribution in [0, 0.1) is 0 Å². The van der Waals surface area contributed by atoms with E-state index < -0.39 is 0 Å². The van der Waals surface area contributed by atoms with Crippen LogP contribution in [0.2, 0.25) is 0 Å². The van der Waals surface area contributed by atoms with Crippen LogP contribution in [0.15, 0.2) is 54.6 Å². The predicted octanol–water partition coefficient (Wildman–Crippen LogP) is 3.41. The zero-order chi connectivity index (χ0) is 16.9. The maximum atomic E-state index is 5.80. The quantitative estimate of drug-likeness (QED) is 0.755. The van der Waals surface area contributed by atoms with Gasteiger partial charge in [0, 0.05) is 12.1 Å². The number of aromatic nitrogens is 2. The Balaban J connectivity index is 2.09. The first-order chi connectivity index (χ1) is 11.8. The number of hydrogen-bond acceptors (Lipinski definition) is 4. The van der Waals surface area contributed by atoms with E-state index >= 15 is 0 Å². The molecule has 1 heterocycles. The molecule has 0 bridgehead atoms. The minimum absolute atomic E-state index is 0.381. The lowest BCUT2D eigenvalue weighted by Gasteiger charge is -2.11. The van der Waals surface area contributed by atoms with Crippen LogP contribution in [0.5, 0.6) is 11.5 Å². The molecule has 124 valence electrons. The molecule has 0 aliphatic rings. The normalized spacial score (nSPS) is 10.6. The van der Waals surface area contributed by atoms with Gasteiger partial charge in [-0.05, 0) is 49.4 Å². The third-order valence-corrected chi connectivity index (χ3v) is 3.74. The second kappa shape index (κ2) is 7.19. The van der Waals surface area contributed by atoms with Crippen LogP contribution >= 0.6 is 0 Å². The van der Waals surface area contributed by atoms with Crippen LogP contribution in [0.4, 0.5) is 0 Å². The van der Waals surface area contributed by atoms with Crippen LogP contribution < -0.4 is 15.2 Å². The highest BCUT2D eigenvalue weighted by Gasteiger charge is 2.14. The van der Waals surface area contributed by atoms with Crippen molar-refractivity contribution in [2.75, 3.05) is 13.7 Å². The second-order valence-corrected chi connectivity index (χ2v) is 5.26. The summed E-state index contributed by atoms with van der Waals surface area (Å²) in [6, 6.07) is 17.7.